The fourth-order valence-electron chi connectivity index (χ4n) is 2.87. The molecule has 0 aliphatic rings. The lowest BCUT2D eigenvalue weighted by atomic mass is 10.1. The van der Waals surface area contributed by atoms with Crippen molar-refractivity contribution in [3.8, 4) is 28.4 Å². The Balaban J connectivity index is 2.02. The average Bonchev–Trinajstić information content (AvgIpc) is 3.02. The number of benzene rings is 2. The first-order valence-corrected chi connectivity index (χ1v) is 7.54. The summed E-state index contributed by atoms with van der Waals surface area (Å²) in [6.45, 7) is 0. The highest BCUT2D eigenvalue weighted by molar-refractivity contribution is 5.82. The van der Waals surface area contributed by atoms with Crippen LogP contribution in [0.4, 0.5) is 0 Å². The molecule has 0 aliphatic carbocycles. The van der Waals surface area contributed by atoms with Crippen molar-refractivity contribution in [1.29, 1.82) is 0 Å². The molecular formula is C20H16N2O. The molecule has 112 valence electrons. The quantitative estimate of drug-likeness (QED) is 0.549. The van der Waals surface area contributed by atoms with Gasteiger partial charge in [0.15, 0.2) is 0 Å². The molecule has 0 aliphatic heterocycles. The van der Waals surface area contributed by atoms with Crippen LogP contribution in [0.15, 0.2) is 79.0 Å². The van der Waals surface area contributed by atoms with Gasteiger partial charge in [-0.05, 0) is 24.3 Å². The molecule has 0 amide bonds. The highest BCUT2D eigenvalue weighted by Gasteiger charge is 2.16. The van der Waals surface area contributed by atoms with E-state index in [0.29, 0.717) is 0 Å². The maximum atomic E-state index is 5.51. The number of ether oxygens (including phenoxy) is 1. The normalized spacial score (nSPS) is 10.8. The molecule has 2 aromatic heterocycles. The first-order chi connectivity index (χ1) is 11.4. The van der Waals surface area contributed by atoms with Crippen LogP contribution in [0.2, 0.25) is 0 Å². The van der Waals surface area contributed by atoms with Crippen LogP contribution in [-0.4, -0.2) is 16.5 Å². The predicted molar refractivity (Wildman–Crippen MR) is 92.6 cm³/mol. The number of para-hydroxylation sites is 1. The zero-order valence-corrected chi connectivity index (χ0v) is 12.8. The SMILES string of the molecule is COc1ccccc1-c1nc(-c2ccccc2)c2ccccn12. The molecule has 0 fully saturated rings. The van der Waals surface area contributed by atoms with E-state index in [-0.39, 0.29) is 0 Å². The number of nitrogens with zero attached hydrogens (tertiary/aromatic N) is 2. The van der Waals surface area contributed by atoms with Gasteiger partial charge in [-0.15, -0.1) is 0 Å². The minimum absolute atomic E-state index is 0.822. The lowest BCUT2D eigenvalue weighted by Crippen LogP contribution is -1.92. The van der Waals surface area contributed by atoms with Crippen molar-refractivity contribution in [2.24, 2.45) is 0 Å². The molecule has 3 heteroatoms. The largest absolute Gasteiger partial charge is 0.496 e. The minimum atomic E-state index is 0.822. The molecule has 0 unspecified atom stereocenters. The standard InChI is InChI=1S/C20H16N2O/c1-23-18-13-6-5-11-16(18)20-21-19(15-9-3-2-4-10-15)17-12-7-8-14-22(17)20/h2-14H,1H3. The van der Waals surface area contributed by atoms with Crippen molar-refractivity contribution in [2.75, 3.05) is 7.11 Å². The molecule has 0 bridgehead atoms. The second kappa shape index (κ2) is 5.61. The zero-order chi connectivity index (χ0) is 15.6. The molecule has 2 heterocycles. The summed E-state index contributed by atoms with van der Waals surface area (Å²) in [5.74, 6) is 1.71. The third-order valence-electron chi connectivity index (χ3n) is 3.94. The Labute approximate surface area is 134 Å². The van der Waals surface area contributed by atoms with E-state index < -0.39 is 0 Å². The number of pyridine rings is 1. The van der Waals surface area contributed by atoms with E-state index >= 15 is 0 Å². The van der Waals surface area contributed by atoms with Gasteiger partial charge >= 0.3 is 0 Å². The molecule has 23 heavy (non-hydrogen) atoms. The molecule has 3 nitrogen and oxygen atoms in total. The van der Waals surface area contributed by atoms with Gasteiger partial charge in [0, 0.05) is 11.8 Å². The Morgan fingerprint density at radius 1 is 0.826 bits per heavy atom. The number of methoxy groups -OCH3 is 1. The number of hydrogen-bond acceptors (Lipinski definition) is 2. The zero-order valence-electron chi connectivity index (χ0n) is 12.8. The maximum Gasteiger partial charge on any atom is 0.149 e. The average molecular weight is 300 g/mol. The summed E-state index contributed by atoms with van der Waals surface area (Å²) in [6, 6.07) is 24.4. The van der Waals surface area contributed by atoms with Crippen LogP contribution in [0.3, 0.4) is 0 Å². The number of aromatic nitrogens is 2. The van der Waals surface area contributed by atoms with E-state index in [9.17, 15) is 0 Å². The molecule has 0 radical (unpaired) electrons. The predicted octanol–water partition coefficient (Wildman–Crippen LogP) is 4.68. The molecule has 4 rings (SSSR count). The molecule has 2 aromatic carbocycles. The summed E-state index contributed by atoms with van der Waals surface area (Å²) >= 11 is 0. The van der Waals surface area contributed by atoms with E-state index in [4.69, 9.17) is 9.72 Å². The Hall–Kier alpha value is -3.07. The Morgan fingerprint density at radius 3 is 2.39 bits per heavy atom. The summed E-state index contributed by atoms with van der Waals surface area (Å²) in [6.07, 6.45) is 2.04. The number of hydrogen-bond donors (Lipinski definition) is 0. The highest BCUT2D eigenvalue weighted by atomic mass is 16.5. The lowest BCUT2D eigenvalue weighted by Gasteiger charge is -2.06. The third kappa shape index (κ3) is 2.27. The monoisotopic (exact) mass is 300 g/mol. The topological polar surface area (TPSA) is 26.5 Å². The van der Waals surface area contributed by atoms with Gasteiger partial charge in [-0.2, -0.15) is 0 Å². The van der Waals surface area contributed by atoms with Crippen molar-refractivity contribution in [2.45, 2.75) is 0 Å². The van der Waals surface area contributed by atoms with E-state index in [1.54, 1.807) is 7.11 Å². The summed E-state index contributed by atoms with van der Waals surface area (Å²) in [7, 11) is 1.69. The van der Waals surface area contributed by atoms with Gasteiger partial charge in [-0.1, -0.05) is 48.5 Å². The summed E-state index contributed by atoms with van der Waals surface area (Å²) in [5, 5.41) is 0. The van der Waals surface area contributed by atoms with Gasteiger partial charge in [-0.3, -0.25) is 4.40 Å². The van der Waals surface area contributed by atoms with Crippen LogP contribution in [0.1, 0.15) is 0 Å². The van der Waals surface area contributed by atoms with Gasteiger partial charge in [0.1, 0.15) is 11.6 Å². The van der Waals surface area contributed by atoms with Gasteiger partial charge < -0.3 is 4.74 Å². The summed E-state index contributed by atoms with van der Waals surface area (Å²) in [5.41, 5.74) is 4.16. The lowest BCUT2D eigenvalue weighted by molar-refractivity contribution is 0.416. The smallest absolute Gasteiger partial charge is 0.149 e. The van der Waals surface area contributed by atoms with Crippen LogP contribution in [0.25, 0.3) is 28.2 Å². The minimum Gasteiger partial charge on any atom is -0.496 e. The number of imidazole rings is 1. The number of rotatable bonds is 3. The van der Waals surface area contributed by atoms with E-state index in [1.807, 2.05) is 60.8 Å². The fraction of sp³-hybridized carbons (Fsp3) is 0.0500. The molecule has 0 N–H and O–H groups in total. The van der Waals surface area contributed by atoms with Crippen LogP contribution in [-0.2, 0) is 0 Å². The van der Waals surface area contributed by atoms with Gasteiger partial charge in [-0.25, -0.2) is 4.98 Å². The third-order valence-corrected chi connectivity index (χ3v) is 3.94. The molecule has 0 saturated carbocycles. The van der Waals surface area contributed by atoms with Crippen molar-refractivity contribution in [1.82, 2.24) is 9.38 Å². The number of fused-ring (bicyclic) bond motifs is 1. The Kier molecular flexibility index (Phi) is 3.31. The summed E-state index contributed by atoms with van der Waals surface area (Å²) < 4.78 is 7.62. The Morgan fingerprint density at radius 2 is 1.57 bits per heavy atom. The van der Waals surface area contributed by atoms with Gasteiger partial charge in [0.2, 0.25) is 0 Å². The second-order valence-electron chi connectivity index (χ2n) is 5.31. The van der Waals surface area contributed by atoms with Crippen molar-refractivity contribution < 1.29 is 4.74 Å². The highest BCUT2D eigenvalue weighted by Crippen LogP contribution is 2.33. The first kappa shape index (κ1) is 13.6. The fourth-order valence-corrected chi connectivity index (χ4v) is 2.87. The molecule has 4 aromatic rings. The molecule has 0 atom stereocenters. The van der Waals surface area contributed by atoms with E-state index in [1.165, 1.54) is 0 Å². The van der Waals surface area contributed by atoms with Crippen LogP contribution in [0.5, 0.6) is 5.75 Å². The maximum absolute atomic E-state index is 5.51. The van der Waals surface area contributed by atoms with E-state index in [0.717, 1.165) is 33.9 Å². The second-order valence-corrected chi connectivity index (χ2v) is 5.31. The summed E-state index contributed by atoms with van der Waals surface area (Å²) in [4.78, 5) is 4.92. The molecular weight excluding hydrogens is 284 g/mol. The van der Waals surface area contributed by atoms with Crippen molar-refractivity contribution in [3.05, 3.63) is 79.0 Å². The van der Waals surface area contributed by atoms with Crippen LogP contribution < -0.4 is 4.74 Å². The first-order valence-electron chi connectivity index (χ1n) is 7.54. The van der Waals surface area contributed by atoms with Gasteiger partial charge in [0.25, 0.3) is 0 Å². The molecule has 0 spiro atoms. The van der Waals surface area contributed by atoms with Gasteiger partial charge in [0.05, 0.1) is 23.9 Å². The van der Waals surface area contributed by atoms with Crippen molar-refractivity contribution in [3.63, 3.8) is 0 Å². The Bertz CT molecular complexity index is 958. The van der Waals surface area contributed by atoms with Crippen LogP contribution >= 0.6 is 0 Å². The van der Waals surface area contributed by atoms with Crippen molar-refractivity contribution >= 4 is 5.52 Å². The van der Waals surface area contributed by atoms with Crippen LogP contribution in [0, 0.1) is 0 Å². The van der Waals surface area contributed by atoms with E-state index in [2.05, 4.69) is 22.6 Å². The molecule has 0 saturated heterocycles.